The van der Waals surface area contributed by atoms with Crippen molar-refractivity contribution in [3.05, 3.63) is 68.1 Å². The molecule has 1 atom stereocenters. The van der Waals surface area contributed by atoms with Crippen LogP contribution >= 0.6 is 27.5 Å². The van der Waals surface area contributed by atoms with Gasteiger partial charge >= 0.3 is 0 Å². The lowest BCUT2D eigenvalue weighted by Crippen LogP contribution is -2.13. The van der Waals surface area contributed by atoms with E-state index in [4.69, 9.17) is 17.3 Å². The summed E-state index contributed by atoms with van der Waals surface area (Å²) >= 11 is 9.77. The van der Waals surface area contributed by atoms with Crippen LogP contribution in [0.3, 0.4) is 0 Å². The highest BCUT2D eigenvalue weighted by molar-refractivity contribution is 9.10. The largest absolute Gasteiger partial charge is 0.324 e. The second-order valence-electron chi connectivity index (χ2n) is 4.97. The van der Waals surface area contributed by atoms with Gasteiger partial charge in [-0.15, -0.1) is 0 Å². The molecule has 1 nitrogen and oxygen atoms in total. The molecule has 0 aliphatic rings. The van der Waals surface area contributed by atoms with Crippen LogP contribution in [0.2, 0.25) is 5.02 Å². The van der Waals surface area contributed by atoms with Crippen molar-refractivity contribution in [2.24, 2.45) is 5.73 Å². The molecule has 0 fully saturated rings. The van der Waals surface area contributed by atoms with Gasteiger partial charge in [0.25, 0.3) is 0 Å². The zero-order valence-corrected chi connectivity index (χ0v) is 13.4. The highest BCUT2D eigenvalue weighted by Crippen LogP contribution is 2.25. The smallest absolute Gasteiger partial charge is 0.0441 e. The third kappa shape index (κ3) is 3.82. The molecule has 0 saturated heterocycles. The predicted molar refractivity (Wildman–Crippen MR) is 85.7 cm³/mol. The van der Waals surface area contributed by atoms with Gasteiger partial charge in [-0.3, -0.25) is 0 Å². The Labute approximate surface area is 127 Å². The molecule has 2 aromatic rings. The average Bonchev–Trinajstić information content (AvgIpc) is 2.31. The Morgan fingerprint density at radius 1 is 1.11 bits per heavy atom. The molecule has 0 spiro atoms. The Balaban J connectivity index is 2.22. The minimum absolute atomic E-state index is 0.0450. The molecular formula is C16H17BrClN. The van der Waals surface area contributed by atoms with E-state index >= 15 is 0 Å². The Kier molecular flexibility index (Phi) is 4.67. The van der Waals surface area contributed by atoms with Crippen LogP contribution in [-0.4, -0.2) is 0 Å². The zero-order valence-electron chi connectivity index (χ0n) is 11.1. The molecule has 0 radical (unpaired) electrons. The topological polar surface area (TPSA) is 26.0 Å². The van der Waals surface area contributed by atoms with E-state index in [0.717, 1.165) is 27.0 Å². The maximum atomic E-state index is 6.29. The lowest BCUT2D eigenvalue weighted by molar-refractivity contribution is 0.720. The molecule has 0 aliphatic heterocycles. The first-order chi connectivity index (χ1) is 8.95. The molecule has 100 valence electrons. The second kappa shape index (κ2) is 6.08. The normalized spacial score (nSPS) is 12.5. The maximum Gasteiger partial charge on any atom is 0.0441 e. The fourth-order valence-corrected chi connectivity index (χ4v) is 3.09. The van der Waals surface area contributed by atoms with E-state index in [0.29, 0.717) is 0 Å². The number of hydrogen-bond donors (Lipinski definition) is 1. The summed E-state index contributed by atoms with van der Waals surface area (Å²) in [7, 11) is 0. The van der Waals surface area contributed by atoms with E-state index < -0.39 is 0 Å². The number of halogens is 2. The molecule has 0 aliphatic carbocycles. The van der Waals surface area contributed by atoms with Crippen LogP contribution in [0.4, 0.5) is 0 Å². The standard InChI is InChI=1S/C16H17BrClN/c1-10-3-4-12(15(18)7-10)9-16(19)13-5-11(2)6-14(17)8-13/h3-8,16H,9,19H2,1-2H3. The van der Waals surface area contributed by atoms with Crippen molar-refractivity contribution in [1.29, 1.82) is 0 Å². The first-order valence-corrected chi connectivity index (χ1v) is 7.40. The van der Waals surface area contributed by atoms with Gasteiger partial charge < -0.3 is 5.73 Å². The summed E-state index contributed by atoms with van der Waals surface area (Å²) in [5, 5.41) is 0.794. The summed E-state index contributed by atoms with van der Waals surface area (Å²) in [5.41, 5.74) is 10.9. The third-order valence-corrected chi connectivity index (χ3v) is 3.95. The van der Waals surface area contributed by atoms with Crippen LogP contribution in [-0.2, 0) is 6.42 Å². The first-order valence-electron chi connectivity index (χ1n) is 6.23. The highest BCUT2D eigenvalue weighted by Gasteiger charge is 2.10. The van der Waals surface area contributed by atoms with E-state index in [1.54, 1.807) is 0 Å². The zero-order chi connectivity index (χ0) is 14.0. The second-order valence-corrected chi connectivity index (χ2v) is 6.29. The van der Waals surface area contributed by atoms with Crippen LogP contribution in [0.5, 0.6) is 0 Å². The lowest BCUT2D eigenvalue weighted by atomic mass is 9.98. The number of benzene rings is 2. The summed E-state index contributed by atoms with van der Waals surface area (Å²) in [6.07, 6.45) is 0.745. The van der Waals surface area contributed by atoms with E-state index in [-0.39, 0.29) is 6.04 Å². The summed E-state index contributed by atoms with van der Waals surface area (Å²) in [6, 6.07) is 12.3. The highest BCUT2D eigenvalue weighted by atomic mass is 79.9. The van der Waals surface area contributed by atoms with Gasteiger partial charge in [-0.05, 0) is 60.7 Å². The number of hydrogen-bond acceptors (Lipinski definition) is 1. The SMILES string of the molecule is Cc1cc(Br)cc(C(N)Cc2ccc(C)cc2Cl)c1. The van der Waals surface area contributed by atoms with Crippen molar-refractivity contribution in [2.75, 3.05) is 0 Å². The van der Waals surface area contributed by atoms with Gasteiger partial charge in [0.2, 0.25) is 0 Å². The van der Waals surface area contributed by atoms with Crippen molar-refractivity contribution in [3.8, 4) is 0 Å². The fourth-order valence-electron chi connectivity index (χ4n) is 2.15. The van der Waals surface area contributed by atoms with Gasteiger partial charge in [-0.1, -0.05) is 45.7 Å². The van der Waals surface area contributed by atoms with E-state index in [9.17, 15) is 0 Å². The molecule has 19 heavy (non-hydrogen) atoms. The minimum atomic E-state index is -0.0450. The van der Waals surface area contributed by atoms with E-state index in [1.807, 2.05) is 13.0 Å². The first kappa shape index (κ1) is 14.6. The van der Waals surface area contributed by atoms with Gasteiger partial charge in [0.05, 0.1) is 0 Å². The monoisotopic (exact) mass is 337 g/mol. The van der Waals surface area contributed by atoms with Crippen LogP contribution in [0.25, 0.3) is 0 Å². The summed E-state index contributed by atoms with van der Waals surface area (Å²) in [5.74, 6) is 0. The molecule has 1 unspecified atom stereocenters. The van der Waals surface area contributed by atoms with Crippen molar-refractivity contribution in [2.45, 2.75) is 26.3 Å². The fraction of sp³-hybridized carbons (Fsp3) is 0.250. The third-order valence-electron chi connectivity index (χ3n) is 3.14. The van der Waals surface area contributed by atoms with Gasteiger partial charge in [-0.25, -0.2) is 0 Å². The maximum absolute atomic E-state index is 6.29. The van der Waals surface area contributed by atoms with Crippen molar-refractivity contribution < 1.29 is 0 Å². The van der Waals surface area contributed by atoms with Crippen molar-refractivity contribution >= 4 is 27.5 Å². The van der Waals surface area contributed by atoms with E-state index in [2.05, 4.69) is 53.2 Å². The molecule has 0 saturated carbocycles. The Morgan fingerprint density at radius 2 is 1.84 bits per heavy atom. The van der Waals surface area contributed by atoms with Gasteiger partial charge in [0, 0.05) is 15.5 Å². The average molecular weight is 339 g/mol. The molecule has 0 heterocycles. The number of nitrogens with two attached hydrogens (primary N) is 1. The molecule has 2 N–H and O–H groups in total. The van der Waals surface area contributed by atoms with Crippen LogP contribution in [0, 0.1) is 13.8 Å². The number of rotatable bonds is 3. The molecule has 0 aromatic heterocycles. The summed E-state index contributed by atoms with van der Waals surface area (Å²) in [6.45, 7) is 4.10. The lowest BCUT2D eigenvalue weighted by Gasteiger charge is -2.15. The molecule has 3 heteroatoms. The molecule has 0 amide bonds. The predicted octanol–water partition coefficient (Wildman–Crippen LogP) is 4.96. The molecular weight excluding hydrogens is 322 g/mol. The van der Waals surface area contributed by atoms with Gasteiger partial charge in [-0.2, -0.15) is 0 Å². The molecule has 0 bridgehead atoms. The minimum Gasteiger partial charge on any atom is -0.324 e. The van der Waals surface area contributed by atoms with Crippen molar-refractivity contribution in [3.63, 3.8) is 0 Å². The summed E-state index contributed by atoms with van der Waals surface area (Å²) in [4.78, 5) is 0. The van der Waals surface area contributed by atoms with Crippen molar-refractivity contribution in [1.82, 2.24) is 0 Å². The van der Waals surface area contributed by atoms with Gasteiger partial charge in [0.15, 0.2) is 0 Å². The van der Waals surface area contributed by atoms with Crippen LogP contribution in [0.1, 0.15) is 28.3 Å². The molecule has 2 rings (SSSR count). The van der Waals surface area contributed by atoms with Crippen LogP contribution < -0.4 is 5.73 Å². The van der Waals surface area contributed by atoms with Gasteiger partial charge in [0.1, 0.15) is 0 Å². The summed E-state index contributed by atoms with van der Waals surface area (Å²) < 4.78 is 1.06. The Morgan fingerprint density at radius 3 is 2.47 bits per heavy atom. The number of aryl methyl sites for hydroxylation is 2. The molecule has 2 aromatic carbocycles. The Hall–Kier alpha value is -0.830. The van der Waals surface area contributed by atoms with Crippen LogP contribution in [0.15, 0.2) is 40.9 Å². The quantitative estimate of drug-likeness (QED) is 0.841. The Bertz CT molecular complexity index is 575. The van der Waals surface area contributed by atoms with E-state index in [1.165, 1.54) is 11.1 Å².